The number of amides is 2. The Labute approximate surface area is 169 Å². The lowest BCUT2D eigenvalue weighted by atomic mass is 10.0. The number of rotatable bonds is 8. The third-order valence-corrected chi connectivity index (χ3v) is 4.74. The summed E-state index contributed by atoms with van der Waals surface area (Å²) in [6.07, 6.45) is 0. The topological polar surface area (TPSA) is 61.4 Å². The normalized spacial score (nSPS) is 11.9. The predicted molar refractivity (Wildman–Crippen MR) is 110 cm³/mol. The average Bonchev–Trinajstić information content (AvgIpc) is 2.63. The minimum Gasteiger partial charge on any atom is -0.354 e. The molecule has 0 aliphatic rings. The van der Waals surface area contributed by atoms with Gasteiger partial charge in [-0.1, -0.05) is 60.5 Å². The number of hydrogen-bond donors (Lipinski definition) is 2. The molecular weight excluding hydrogens is 385 g/mol. The van der Waals surface area contributed by atoms with Crippen molar-refractivity contribution in [3.05, 3.63) is 64.1 Å². The second kappa shape index (κ2) is 10.3. The summed E-state index contributed by atoms with van der Waals surface area (Å²) in [6, 6.07) is 14.9. The first-order valence-electron chi connectivity index (χ1n) is 8.60. The highest BCUT2D eigenvalue weighted by Crippen LogP contribution is 2.24. The lowest BCUT2D eigenvalue weighted by Gasteiger charge is -2.18. The zero-order valence-corrected chi connectivity index (χ0v) is 16.8. The standard InChI is InChI=1S/C20H23Cl2N3O2/c1-14(15-6-4-3-5-7-15)11-23-19(26)12-25(2)13-20(27)24-16-8-9-17(21)18(22)10-16/h3-10,14H,11-13H2,1-2H3,(H,23,26)(H,24,27)/t14-/m1/s1. The molecule has 0 aliphatic carbocycles. The lowest BCUT2D eigenvalue weighted by molar-refractivity contribution is -0.123. The molecule has 0 aromatic heterocycles. The van der Waals surface area contributed by atoms with Crippen LogP contribution in [0.5, 0.6) is 0 Å². The third-order valence-electron chi connectivity index (χ3n) is 4.00. The number of hydrogen-bond acceptors (Lipinski definition) is 3. The maximum Gasteiger partial charge on any atom is 0.238 e. The van der Waals surface area contributed by atoms with Crippen LogP contribution in [0.3, 0.4) is 0 Å². The Morgan fingerprint density at radius 3 is 2.33 bits per heavy atom. The van der Waals surface area contributed by atoms with Crippen LogP contribution < -0.4 is 10.6 Å². The number of anilines is 1. The molecule has 2 aromatic carbocycles. The van der Waals surface area contributed by atoms with Gasteiger partial charge in [0.2, 0.25) is 11.8 Å². The summed E-state index contributed by atoms with van der Waals surface area (Å²) in [7, 11) is 1.72. The molecule has 0 radical (unpaired) electrons. The van der Waals surface area contributed by atoms with Crippen LogP contribution in [0.2, 0.25) is 10.0 Å². The molecule has 2 amide bonds. The number of nitrogens with one attached hydrogen (secondary N) is 2. The number of likely N-dealkylation sites (N-methyl/N-ethyl adjacent to an activating group) is 1. The number of carbonyl (C=O) groups excluding carboxylic acids is 2. The van der Waals surface area contributed by atoms with E-state index in [9.17, 15) is 9.59 Å². The third kappa shape index (κ3) is 7.21. The van der Waals surface area contributed by atoms with Gasteiger partial charge in [-0.2, -0.15) is 0 Å². The van der Waals surface area contributed by atoms with E-state index in [1.807, 2.05) is 30.3 Å². The first kappa shape index (κ1) is 21.2. The molecule has 0 bridgehead atoms. The van der Waals surface area contributed by atoms with Gasteiger partial charge < -0.3 is 10.6 Å². The number of halogens is 2. The first-order chi connectivity index (χ1) is 12.8. The number of nitrogens with zero attached hydrogens (tertiary/aromatic N) is 1. The van der Waals surface area contributed by atoms with E-state index in [0.29, 0.717) is 22.3 Å². The monoisotopic (exact) mass is 407 g/mol. The summed E-state index contributed by atoms with van der Waals surface area (Å²) in [5, 5.41) is 6.43. The van der Waals surface area contributed by atoms with E-state index in [4.69, 9.17) is 23.2 Å². The smallest absolute Gasteiger partial charge is 0.238 e. The Bertz CT molecular complexity index is 784. The van der Waals surface area contributed by atoms with Crippen LogP contribution in [-0.4, -0.2) is 43.4 Å². The Balaban J connectivity index is 1.73. The van der Waals surface area contributed by atoms with Crippen LogP contribution in [0.4, 0.5) is 5.69 Å². The fraction of sp³-hybridized carbons (Fsp3) is 0.300. The van der Waals surface area contributed by atoms with Gasteiger partial charge in [0, 0.05) is 12.2 Å². The van der Waals surface area contributed by atoms with Crippen molar-refractivity contribution in [2.75, 3.05) is 32.0 Å². The van der Waals surface area contributed by atoms with Gasteiger partial charge >= 0.3 is 0 Å². The quantitative estimate of drug-likeness (QED) is 0.699. The van der Waals surface area contributed by atoms with Crippen LogP contribution in [0, 0.1) is 0 Å². The van der Waals surface area contributed by atoms with Crippen molar-refractivity contribution in [1.82, 2.24) is 10.2 Å². The molecule has 5 nitrogen and oxygen atoms in total. The van der Waals surface area contributed by atoms with Gasteiger partial charge in [-0.25, -0.2) is 0 Å². The van der Waals surface area contributed by atoms with E-state index >= 15 is 0 Å². The maximum atomic E-state index is 12.1. The molecule has 2 rings (SSSR count). The molecule has 1 atom stereocenters. The molecule has 0 fully saturated rings. The molecule has 2 aromatic rings. The Morgan fingerprint density at radius 2 is 1.67 bits per heavy atom. The largest absolute Gasteiger partial charge is 0.354 e. The molecule has 0 spiro atoms. The summed E-state index contributed by atoms with van der Waals surface area (Å²) in [5.41, 5.74) is 1.73. The van der Waals surface area contributed by atoms with Crippen molar-refractivity contribution in [3.8, 4) is 0 Å². The van der Waals surface area contributed by atoms with Gasteiger partial charge in [0.05, 0.1) is 23.1 Å². The number of benzene rings is 2. The van der Waals surface area contributed by atoms with E-state index in [-0.39, 0.29) is 30.8 Å². The van der Waals surface area contributed by atoms with E-state index in [0.717, 1.165) is 0 Å². The van der Waals surface area contributed by atoms with Crippen LogP contribution in [0.1, 0.15) is 18.4 Å². The van der Waals surface area contributed by atoms with Crippen LogP contribution in [-0.2, 0) is 9.59 Å². The number of carbonyl (C=O) groups is 2. The van der Waals surface area contributed by atoms with E-state index in [2.05, 4.69) is 17.6 Å². The minimum atomic E-state index is -0.235. The van der Waals surface area contributed by atoms with Crippen molar-refractivity contribution < 1.29 is 9.59 Å². The van der Waals surface area contributed by atoms with Crippen molar-refractivity contribution in [3.63, 3.8) is 0 Å². The Kier molecular flexibility index (Phi) is 8.10. The van der Waals surface area contributed by atoms with E-state index < -0.39 is 0 Å². The molecule has 0 unspecified atom stereocenters. The highest BCUT2D eigenvalue weighted by atomic mass is 35.5. The Hall–Kier alpha value is -2.08. The molecule has 7 heteroatoms. The average molecular weight is 408 g/mol. The Morgan fingerprint density at radius 1 is 1.00 bits per heavy atom. The van der Waals surface area contributed by atoms with Crippen molar-refractivity contribution in [2.24, 2.45) is 0 Å². The highest BCUT2D eigenvalue weighted by molar-refractivity contribution is 6.42. The van der Waals surface area contributed by atoms with Crippen LogP contribution in [0.15, 0.2) is 48.5 Å². The molecule has 0 saturated carbocycles. The van der Waals surface area contributed by atoms with Gasteiger partial charge in [0.1, 0.15) is 0 Å². The lowest BCUT2D eigenvalue weighted by Crippen LogP contribution is -2.39. The second-order valence-corrected chi connectivity index (χ2v) is 7.28. The fourth-order valence-electron chi connectivity index (χ4n) is 2.54. The van der Waals surface area contributed by atoms with Crippen LogP contribution in [0.25, 0.3) is 0 Å². The van der Waals surface area contributed by atoms with Crippen LogP contribution >= 0.6 is 23.2 Å². The summed E-state index contributed by atoms with van der Waals surface area (Å²) in [6.45, 7) is 2.83. The zero-order valence-electron chi connectivity index (χ0n) is 15.3. The van der Waals surface area contributed by atoms with Crippen molar-refractivity contribution >= 4 is 40.7 Å². The molecule has 144 valence electrons. The van der Waals surface area contributed by atoms with Gasteiger partial charge in [-0.3, -0.25) is 14.5 Å². The molecule has 2 N–H and O–H groups in total. The van der Waals surface area contributed by atoms with Crippen molar-refractivity contribution in [2.45, 2.75) is 12.8 Å². The summed E-state index contributed by atoms with van der Waals surface area (Å²) in [4.78, 5) is 25.8. The first-order valence-corrected chi connectivity index (χ1v) is 9.36. The van der Waals surface area contributed by atoms with Gasteiger partial charge in [-0.05, 0) is 36.7 Å². The SMILES string of the molecule is C[C@H](CNC(=O)CN(C)CC(=O)Nc1ccc(Cl)c(Cl)c1)c1ccccc1. The molecule has 0 heterocycles. The highest BCUT2D eigenvalue weighted by Gasteiger charge is 2.13. The predicted octanol–water partition coefficient (Wildman–Crippen LogP) is 3.78. The second-order valence-electron chi connectivity index (χ2n) is 6.47. The summed E-state index contributed by atoms with van der Waals surface area (Å²) >= 11 is 11.8. The van der Waals surface area contributed by atoms with Crippen molar-refractivity contribution in [1.29, 1.82) is 0 Å². The molecule has 0 aliphatic heterocycles. The maximum absolute atomic E-state index is 12.1. The molecule has 0 saturated heterocycles. The fourth-order valence-corrected chi connectivity index (χ4v) is 2.84. The summed E-state index contributed by atoms with van der Waals surface area (Å²) in [5.74, 6) is -0.137. The van der Waals surface area contributed by atoms with E-state index in [1.165, 1.54) is 5.56 Å². The molecule has 27 heavy (non-hydrogen) atoms. The zero-order chi connectivity index (χ0) is 19.8. The van der Waals surface area contributed by atoms with E-state index in [1.54, 1.807) is 30.1 Å². The summed E-state index contributed by atoms with van der Waals surface area (Å²) < 4.78 is 0. The molecular formula is C20H23Cl2N3O2. The van der Waals surface area contributed by atoms with Gasteiger partial charge in [0.25, 0.3) is 0 Å². The van der Waals surface area contributed by atoms with Gasteiger partial charge in [-0.15, -0.1) is 0 Å². The minimum absolute atomic E-state index is 0.0852. The van der Waals surface area contributed by atoms with Gasteiger partial charge in [0.15, 0.2) is 0 Å².